The highest BCUT2D eigenvalue weighted by Crippen LogP contribution is 2.21. The molecule has 1 saturated heterocycles. The predicted octanol–water partition coefficient (Wildman–Crippen LogP) is 1.51. The fourth-order valence-electron chi connectivity index (χ4n) is 1.96. The van der Waals surface area contributed by atoms with Gasteiger partial charge in [0.1, 0.15) is 10.0 Å². The normalized spacial score (nSPS) is 25.1. The molecule has 1 aromatic heterocycles. The van der Waals surface area contributed by atoms with Crippen LogP contribution in [0.25, 0.3) is 0 Å². The van der Waals surface area contributed by atoms with Crippen LogP contribution in [0.1, 0.15) is 35.7 Å². The van der Waals surface area contributed by atoms with Gasteiger partial charge in [0.25, 0.3) is 0 Å². The number of nitrogens with one attached hydrogen (secondary N) is 1. The van der Waals surface area contributed by atoms with Gasteiger partial charge in [-0.15, -0.1) is 21.5 Å². The van der Waals surface area contributed by atoms with Crippen molar-refractivity contribution in [2.75, 3.05) is 6.61 Å². The summed E-state index contributed by atoms with van der Waals surface area (Å²) in [4.78, 5) is 0. The zero-order chi connectivity index (χ0) is 10.8. The van der Waals surface area contributed by atoms with E-state index in [4.69, 9.17) is 4.74 Å². The van der Waals surface area contributed by atoms with Crippen molar-refractivity contribution in [3.05, 3.63) is 10.0 Å². The molecule has 4 nitrogen and oxygen atoms in total. The maximum absolute atomic E-state index is 5.60. The van der Waals surface area contributed by atoms with Gasteiger partial charge in [0, 0.05) is 25.6 Å². The Balaban J connectivity index is 1.50. The minimum absolute atomic E-state index is 0.386. The average molecular weight is 239 g/mol. The molecular weight excluding hydrogens is 222 g/mol. The largest absolute Gasteiger partial charge is 0.378 e. The van der Waals surface area contributed by atoms with Crippen molar-refractivity contribution >= 4 is 11.3 Å². The summed E-state index contributed by atoms with van der Waals surface area (Å²) in [6.45, 7) is 1.80. The van der Waals surface area contributed by atoms with Crippen LogP contribution in [-0.2, 0) is 17.7 Å². The molecule has 1 aromatic rings. The maximum atomic E-state index is 5.60. The molecule has 2 aliphatic rings. The SMILES string of the molecule is C1COC(Cc2nnc(CNC3CC3)s2)C1. The van der Waals surface area contributed by atoms with Crippen LogP contribution in [0.4, 0.5) is 0 Å². The topological polar surface area (TPSA) is 47.0 Å². The first-order valence-electron chi connectivity index (χ1n) is 6.06. The molecule has 2 heterocycles. The van der Waals surface area contributed by atoms with Gasteiger partial charge in [-0.2, -0.15) is 0 Å². The molecule has 0 radical (unpaired) electrons. The molecule has 0 spiro atoms. The van der Waals surface area contributed by atoms with Crippen molar-refractivity contribution in [1.29, 1.82) is 0 Å². The van der Waals surface area contributed by atoms with Gasteiger partial charge in [-0.3, -0.25) is 0 Å². The number of ether oxygens (including phenoxy) is 1. The molecule has 1 aliphatic carbocycles. The molecule has 1 N–H and O–H groups in total. The average Bonchev–Trinajstić information content (AvgIpc) is 2.78. The Morgan fingerprint density at radius 2 is 2.12 bits per heavy atom. The number of rotatable bonds is 5. The van der Waals surface area contributed by atoms with E-state index in [1.807, 2.05) is 0 Å². The highest BCUT2D eigenvalue weighted by Gasteiger charge is 2.21. The summed E-state index contributed by atoms with van der Waals surface area (Å²) in [5, 5.41) is 14.1. The smallest absolute Gasteiger partial charge is 0.131 e. The lowest BCUT2D eigenvalue weighted by Gasteiger charge is -2.04. The third-order valence-electron chi connectivity index (χ3n) is 3.05. The van der Waals surface area contributed by atoms with Crippen LogP contribution < -0.4 is 5.32 Å². The summed E-state index contributed by atoms with van der Waals surface area (Å²) in [6.07, 6.45) is 6.34. The maximum Gasteiger partial charge on any atom is 0.131 e. The molecule has 88 valence electrons. The molecule has 1 unspecified atom stereocenters. The molecule has 1 saturated carbocycles. The zero-order valence-corrected chi connectivity index (χ0v) is 10.1. The van der Waals surface area contributed by atoms with Crippen LogP contribution in [0.3, 0.4) is 0 Å². The molecule has 0 bridgehead atoms. The van der Waals surface area contributed by atoms with Crippen LogP contribution in [0.5, 0.6) is 0 Å². The van der Waals surface area contributed by atoms with E-state index >= 15 is 0 Å². The molecule has 2 fully saturated rings. The minimum Gasteiger partial charge on any atom is -0.378 e. The van der Waals surface area contributed by atoms with Crippen LogP contribution in [0.2, 0.25) is 0 Å². The lowest BCUT2D eigenvalue weighted by Crippen LogP contribution is -2.14. The van der Waals surface area contributed by atoms with Gasteiger partial charge in [-0.1, -0.05) is 0 Å². The van der Waals surface area contributed by atoms with Gasteiger partial charge in [-0.25, -0.2) is 0 Å². The van der Waals surface area contributed by atoms with Crippen molar-refractivity contribution in [3.8, 4) is 0 Å². The van der Waals surface area contributed by atoms with E-state index in [0.29, 0.717) is 6.10 Å². The molecule has 16 heavy (non-hydrogen) atoms. The monoisotopic (exact) mass is 239 g/mol. The summed E-state index contributed by atoms with van der Waals surface area (Å²) in [5.41, 5.74) is 0. The first-order valence-corrected chi connectivity index (χ1v) is 6.88. The fourth-order valence-corrected chi connectivity index (χ4v) is 2.82. The summed E-state index contributed by atoms with van der Waals surface area (Å²) in [6, 6.07) is 0.741. The lowest BCUT2D eigenvalue weighted by atomic mass is 10.2. The number of aromatic nitrogens is 2. The van der Waals surface area contributed by atoms with Crippen molar-refractivity contribution in [1.82, 2.24) is 15.5 Å². The molecule has 0 aromatic carbocycles. The van der Waals surface area contributed by atoms with Gasteiger partial charge in [-0.05, 0) is 25.7 Å². The van der Waals surface area contributed by atoms with Gasteiger partial charge >= 0.3 is 0 Å². The molecule has 3 rings (SSSR count). The van der Waals surface area contributed by atoms with Crippen molar-refractivity contribution < 1.29 is 4.74 Å². The molecule has 1 atom stereocenters. The Labute approximate surface area is 99.4 Å². The third kappa shape index (κ3) is 2.78. The first-order chi connectivity index (χ1) is 7.90. The van der Waals surface area contributed by atoms with Crippen LogP contribution >= 0.6 is 11.3 Å². The molecular formula is C11H17N3OS. The van der Waals surface area contributed by atoms with E-state index in [-0.39, 0.29) is 0 Å². The van der Waals surface area contributed by atoms with Gasteiger partial charge in [0.15, 0.2) is 0 Å². The quantitative estimate of drug-likeness (QED) is 0.846. The van der Waals surface area contributed by atoms with Gasteiger partial charge in [0.05, 0.1) is 6.10 Å². The Bertz CT molecular complexity index is 345. The number of hydrogen-bond donors (Lipinski definition) is 1. The van der Waals surface area contributed by atoms with E-state index in [0.717, 1.165) is 35.6 Å². The van der Waals surface area contributed by atoms with Gasteiger partial charge in [0.2, 0.25) is 0 Å². The predicted molar refractivity (Wildman–Crippen MR) is 62.4 cm³/mol. The highest BCUT2D eigenvalue weighted by molar-refractivity contribution is 7.11. The van der Waals surface area contributed by atoms with E-state index in [1.165, 1.54) is 25.7 Å². The van der Waals surface area contributed by atoms with E-state index in [9.17, 15) is 0 Å². The summed E-state index contributed by atoms with van der Waals surface area (Å²) in [5.74, 6) is 0. The molecule has 1 aliphatic heterocycles. The van der Waals surface area contributed by atoms with Crippen molar-refractivity contribution in [3.63, 3.8) is 0 Å². The minimum atomic E-state index is 0.386. The van der Waals surface area contributed by atoms with Crippen molar-refractivity contribution in [2.45, 2.75) is 50.8 Å². The fraction of sp³-hybridized carbons (Fsp3) is 0.818. The Morgan fingerprint density at radius 1 is 1.25 bits per heavy atom. The first kappa shape index (κ1) is 10.6. The third-order valence-corrected chi connectivity index (χ3v) is 4.00. The highest BCUT2D eigenvalue weighted by atomic mass is 32.1. The summed E-state index contributed by atoms with van der Waals surface area (Å²) in [7, 11) is 0. The van der Waals surface area contributed by atoms with Crippen LogP contribution in [0.15, 0.2) is 0 Å². The lowest BCUT2D eigenvalue weighted by molar-refractivity contribution is 0.111. The summed E-state index contributed by atoms with van der Waals surface area (Å²) < 4.78 is 5.60. The second kappa shape index (κ2) is 4.77. The van der Waals surface area contributed by atoms with E-state index in [1.54, 1.807) is 11.3 Å². The van der Waals surface area contributed by atoms with E-state index < -0.39 is 0 Å². The summed E-state index contributed by atoms with van der Waals surface area (Å²) >= 11 is 1.72. The number of hydrogen-bond acceptors (Lipinski definition) is 5. The Kier molecular flexibility index (Phi) is 3.17. The van der Waals surface area contributed by atoms with Crippen LogP contribution in [-0.4, -0.2) is 29.0 Å². The van der Waals surface area contributed by atoms with Gasteiger partial charge < -0.3 is 10.1 Å². The standard InChI is InChI=1S/C11H17N3OS/c1-2-9(15-5-1)6-10-13-14-11(16-10)7-12-8-3-4-8/h8-9,12H,1-7H2. The van der Waals surface area contributed by atoms with Crippen molar-refractivity contribution in [2.24, 2.45) is 0 Å². The Morgan fingerprint density at radius 3 is 2.88 bits per heavy atom. The molecule has 5 heteroatoms. The Hall–Kier alpha value is -0.520. The second-order valence-corrected chi connectivity index (χ2v) is 5.73. The zero-order valence-electron chi connectivity index (χ0n) is 9.32. The van der Waals surface area contributed by atoms with Crippen LogP contribution in [0, 0.1) is 0 Å². The molecule has 0 amide bonds. The van der Waals surface area contributed by atoms with E-state index in [2.05, 4.69) is 15.5 Å². The number of nitrogens with zero attached hydrogens (tertiary/aromatic N) is 2. The second-order valence-electron chi connectivity index (χ2n) is 4.58.